The van der Waals surface area contributed by atoms with Crippen molar-refractivity contribution < 1.29 is 13.9 Å². The quantitative estimate of drug-likeness (QED) is 0.712. The second-order valence-corrected chi connectivity index (χ2v) is 6.54. The van der Waals surface area contributed by atoms with Crippen molar-refractivity contribution in [2.75, 3.05) is 12.4 Å². The zero-order valence-corrected chi connectivity index (χ0v) is 15.4. The highest BCUT2D eigenvalue weighted by Gasteiger charge is 2.15. The highest BCUT2D eigenvalue weighted by molar-refractivity contribution is 5.91. The average molecular weight is 368 g/mol. The Kier molecular flexibility index (Phi) is 5.49. The van der Waals surface area contributed by atoms with Gasteiger partial charge in [0.25, 0.3) is 0 Å². The van der Waals surface area contributed by atoms with Gasteiger partial charge in [0.2, 0.25) is 5.91 Å². The molecule has 0 fully saturated rings. The van der Waals surface area contributed by atoms with Crippen molar-refractivity contribution >= 4 is 11.6 Å². The molecule has 0 aliphatic rings. The van der Waals surface area contributed by atoms with Crippen LogP contribution < -0.4 is 10.1 Å². The Morgan fingerprint density at radius 2 is 2.00 bits per heavy atom. The van der Waals surface area contributed by atoms with Crippen molar-refractivity contribution in [2.45, 2.75) is 20.3 Å². The molecule has 0 radical (unpaired) electrons. The highest BCUT2D eigenvalue weighted by Crippen LogP contribution is 2.25. The van der Waals surface area contributed by atoms with Crippen LogP contribution in [0.5, 0.6) is 6.01 Å². The molecular weight excluding hydrogens is 347 g/mol. The fourth-order valence-corrected chi connectivity index (χ4v) is 2.67. The third-order valence-corrected chi connectivity index (χ3v) is 3.82. The second-order valence-electron chi connectivity index (χ2n) is 6.54. The molecule has 0 aliphatic heterocycles. The van der Waals surface area contributed by atoms with Gasteiger partial charge in [-0.05, 0) is 36.2 Å². The van der Waals surface area contributed by atoms with Gasteiger partial charge in [-0.2, -0.15) is 4.98 Å². The van der Waals surface area contributed by atoms with Gasteiger partial charge in [-0.3, -0.25) is 4.79 Å². The fraction of sp³-hybridized carbons (Fsp3) is 0.250. The Hall–Kier alpha value is -3.22. The normalized spacial score (nSPS) is 10.9. The number of halogens is 1. The van der Waals surface area contributed by atoms with Gasteiger partial charge in [-0.25, -0.2) is 9.07 Å². The smallest absolute Gasteiger partial charge is 0.336 e. The molecule has 3 rings (SSSR count). The topological polar surface area (TPSA) is 69.0 Å². The summed E-state index contributed by atoms with van der Waals surface area (Å²) in [4.78, 5) is 16.4. The monoisotopic (exact) mass is 368 g/mol. The molecule has 140 valence electrons. The fourth-order valence-electron chi connectivity index (χ4n) is 2.67. The summed E-state index contributed by atoms with van der Waals surface area (Å²) in [5.41, 5.74) is 1.89. The first-order valence-corrected chi connectivity index (χ1v) is 8.63. The zero-order valence-electron chi connectivity index (χ0n) is 15.4. The number of carbonyl (C=O) groups is 1. The SMILES string of the molecule is COc1nc(-c2cccc(F)c2)n(-c2cccc(NC(=O)CC(C)C)c2)n1. The minimum absolute atomic E-state index is 0.0522. The molecule has 0 spiro atoms. The number of nitrogens with one attached hydrogen (secondary N) is 1. The first-order valence-electron chi connectivity index (χ1n) is 8.63. The van der Waals surface area contributed by atoms with Crippen LogP contribution in [0.1, 0.15) is 20.3 Å². The van der Waals surface area contributed by atoms with Gasteiger partial charge in [0.15, 0.2) is 5.82 Å². The number of carbonyl (C=O) groups excluding carboxylic acids is 1. The van der Waals surface area contributed by atoms with Crippen LogP contribution in [0.3, 0.4) is 0 Å². The van der Waals surface area contributed by atoms with Crippen molar-refractivity contribution in [1.29, 1.82) is 0 Å². The minimum atomic E-state index is -0.365. The molecule has 2 aromatic carbocycles. The summed E-state index contributed by atoms with van der Waals surface area (Å²) in [6.45, 7) is 3.98. The molecule has 1 heterocycles. The van der Waals surface area contributed by atoms with Gasteiger partial charge >= 0.3 is 6.01 Å². The molecule has 0 aliphatic carbocycles. The second kappa shape index (κ2) is 7.99. The van der Waals surface area contributed by atoms with Crippen molar-refractivity contribution in [3.63, 3.8) is 0 Å². The number of methoxy groups -OCH3 is 1. The van der Waals surface area contributed by atoms with Crippen molar-refractivity contribution in [1.82, 2.24) is 14.8 Å². The number of hydrogen-bond donors (Lipinski definition) is 1. The molecule has 1 N–H and O–H groups in total. The summed E-state index contributed by atoms with van der Waals surface area (Å²) in [7, 11) is 1.47. The van der Waals surface area contributed by atoms with Gasteiger partial charge < -0.3 is 10.1 Å². The van der Waals surface area contributed by atoms with E-state index in [1.807, 2.05) is 26.0 Å². The van der Waals surface area contributed by atoms with E-state index in [-0.39, 0.29) is 23.7 Å². The Balaban J connectivity index is 1.98. The van der Waals surface area contributed by atoms with Gasteiger partial charge in [0, 0.05) is 17.7 Å². The maximum absolute atomic E-state index is 13.7. The molecular formula is C20H21FN4O2. The summed E-state index contributed by atoms with van der Waals surface area (Å²) in [5.74, 6) is 0.295. The van der Waals surface area contributed by atoms with Crippen LogP contribution in [0, 0.1) is 11.7 Å². The largest absolute Gasteiger partial charge is 0.466 e. The number of ether oxygens (including phenoxy) is 1. The highest BCUT2D eigenvalue weighted by atomic mass is 19.1. The van der Waals surface area contributed by atoms with E-state index in [0.29, 0.717) is 29.2 Å². The Labute approximate surface area is 157 Å². The maximum atomic E-state index is 13.7. The van der Waals surface area contributed by atoms with E-state index in [9.17, 15) is 9.18 Å². The van der Waals surface area contributed by atoms with Crippen molar-refractivity contribution in [3.05, 3.63) is 54.3 Å². The number of hydrogen-bond acceptors (Lipinski definition) is 4. The first kappa shape index (κ1) is 18.6. The Bertz CT molecular complexity index is 953. The molecule has 0 atom stereocenters. The van der Waals surface area contributed by atoms with Gasteiger partial charge in [-0.15, -0.1) is 5.10 Å². The van der Waals surface area contributed by atoms with E-state index in [1.54, 1.807) is 28.9 Å². The van der Waals surface area contributed by atoms with Crippen LogP contribution in [-0.2, 0) is 4.79 Å². The summed E-state index contributed by atoms with van der Waals surface area (Å²) >= 11 is 0. The molecule has 6 nitrogen and oxygen atoms in total. The van der Waals surface area contributed by atoms with Crippen molar-refractivity contribution in [2.24, 2.45) is 5.92 Å². The molecule has 0 bridgehead atoms. The molecule has 27 heavy (non-hydrogen) atoms. The molecule has 3 aromatic rings. The Morgan fingerprint density at radius 3 is 2.70 bits per heavy atom. The third-order valence-electron chi connectivity index (χ3n) is 3.82. The van der Waals surface area contributed by atoms with E-state index < -0.39 is 0 Å². The lowest BCUT2D eigenvalue weighted by molar-refractivity contribution is -0.116. The van der Waals surface area contributed by atoms with Crippen LogP contribution in [0.2, 0.25) is 0 Å². The number of benzene rings is 2. The zero-order chi connectivity index (χ0) is 19.4. The standard InChI is InChI=1S/C20H21FN4O2/c1-13(2)10-18(26)22-16-8-5-9-17(12-16)25-19(23-20(24-25)27-3)14-6-4-7-15(21)11-14/h4-9,11-13H,10H2,1-3H3,(H,22,26). The average Bonchev–Trinajstić information content (AvgIpc) is 3.06. The molecule has 1 aromatic heterocycles. The van der Waals surface area contributed by atoms with Crippen LogP contribution >= 0.6 is 0 Å². The molecule has 0 saturated heterocycles. The van der Waals surface area contributed by atoms with Crippen LogP contribution in [-0.4, -0.2) is 27.8 Å². The van der Waals surface area contributed by atoms with Crippen molar-refractivity contribution in [3.8, 4) is 23.1 Å². The minimum Gasteiger partial charge on any atom is -0.466 e. The summed E-state index contributed by atoms with van der Waals surface area (Å²) in [5, 5.41) is 7.20. The predicted octanol–water partition coefficient (Wildman–Crippen LogP) is 4.07. The molecule has 1 amide bonds. The van der Waals surface area contributed by atoms with Crippen LogP contribution in [0.25, 0.3) is 17.1 Å². The number of rotatable bonds is 6. The van der Waals surface area contributed by atoms with Gasteiger partial charge in [-0.1, -0.05) is 32.0 Å². The lowest BCUT2D eigenvalue weighted by Crippen LogP contribution is -2.14. The first-order chi connectivity index (χ1) is 13.0. The number of anilines is 1. The lowest BCUT2D eigenvalue weighted by atomic mass is 10.1. The van der Waals surface area contributed by atoms with E-state index in [1.165, 1.54) is 19.2 Å². The third kappa shape index (κ3) is 4.49. The van der Waals surface area contributed by atoms with Gasteiger partial charge in [0.1, 0.15) is 5.82 Å². The summed E-state index contributed by atoms with van der Waals surface area (Å²) in [6.07, 6.45) is 0.440. The van der Waals surface area contributed by atoms with E-state index >= 15 is 0 Å². The predicted molar refractivity (Wildman–Crippen MR) is 101 cm³/mol. The summed E-state index contributed by atoms with van der Waals surface area (Å²) in [6, 6.07) is 13.5. The molecule has 7 heteroatoms. The summed E-state index contributed by atoms with van der Waals surface area (Å²) < 4.78 is 20.4. The molecule has 0 unspecified atom stereocenters. The molecule has 0 saturated carbocycles. The van der Waals surface area contributed by atoms with E-state index in [2.05, 4.69) is 15.4 Å². The van der Waals surface area contributed by atoms with Gasteiger partial charge in [0.05, 0.1) is 12.8 Å². The van der Waals surface area contributed by atoms with E-state index in [0.717, 1.165) is 0 Å². The number of nitrogens with zero attached hydrogens (tertiary/aromatic N) is 3. The number of amides is 1. The number of aromatic nitrogens is 3. The Morgan fingerprint density at radius 1 is 1.22 bits per heavy atom. The van der Waals surface area contributed by atoms with Crippen LogP contribution in [0.4, 0.5) is 10.1 Å². The lowest BCUT2D eigenvalue weighted by Gasteiger charge is -2.10. The van der Waals surface area contributed by atoms with E-state index in [4.69, 9.17) is 4.74 Å². The maximum Gasteiger partial charge on any atom is 0.336 e. The van der Waals surface area contributed by atoms with Crippen LogP contribution in [0.15, 0.2) is 48.5 Å².